The van der Waals surface area contributed by atoms with Crippen molar-refractivity contribution in [2.24, 2.45) is 10.2 Å². The molecule has 0 saturated heterocycles. The highest BCUT2D eigenvalue weighted by Gasteiger charge is 2.23. The Hall–Kier alpha value is -3.92. The number of nitro benzene ring substituents is 2. The Kier molecular flexibility index (Phi) is 8.31. The average Bonchev–Trinajstić information content (AvgIpc) is 2.73. The predicted molar refractivity (Wildman–Crippen MR) is 120 cm³/mol. The highest BCUT2D eigenvalue weighted by molar-refractivity contribution is 9.10. The summed E-state index contributed by atoms with van der Waals surface area (Å²) in [5.41, 5.74) is 0.00862. The van der Waals surface area contributed by atoms with E-state index in [-0.39, 0.29) is 21.8 Å². The highest BCUT2D eigenvalue weighted by Crippen LogP contribution is 2.40. The van der Waals surface area contributed by atoms with Gasteiger partial charge in [0.15, 0.2) is 5.69 Å². The third-order valence-corrected chi connectivity index (χ3v) is 4.83. The normalized spacial score (nSPS) is 10.6. The van der Waals surface area contributed by atoms with Crippen LogP contribution in [0.15, 0.2) is 45.0 Å². The summed E-state index contributed by atoms with van der Waals surface area (Å²) in [6, 6.07) is 8.93. The topological polar surface area (TPSA) is 167 Å². The Balaban J connectivity index is 2.52. The fourth-order valence-electron chi connectivity index (χ4n) is 2.77. The minimum Gasteiger partial charge on any atom is -0.371 e. The number of nitro groups is 2. The molecule has 0 fully saturated rings. The van der Waals surface area contributed by atoms with Gasteiger partial charge in [-0.1, -0.05) is 0 Å². The molecule has 2 aromatic carbocycles. The summed E-state index contributed by atoms with van der Waals surface area (Å²) in [6.45, 7) is 4.37. The standard InChI is InChI=1S/C19H18BrN7O5/c1-3-25(8-4-7-21)13-5-6-16(17(10-13)22-12(2)28)23-24-19-15(20)9-14(26(29)30)11-18(19)27(31)32/h5-6,9-11H,3-4,8H2,1-2H3,(H,22,28). The van der Waals surface area contributed by atoms with Crippen LogP contribution >= 0.6 is 15.9 Å². The van der Waals surface area contributed by atoms with E-state index in [9.17, 15) is 25.0 Å². The van der Waals surface area contributed by atoms with E-state index in [1.165, 1.54) is 6.92 Å². The van der Waals surface area contributed by atoms with Gasteiger partial charge in [-0.3, -0.25) is 25.0 Å². The number of nitrogens with zero attached hydrogens (tertiary/aromatic N) is 6. The summed E-state index contributed by atoms with van der Waals surface area (Å²) in [6.07, 6.45) is 0.322. The van der Waals surface area contributed by atoms with Crippen molar-refractivity contribution in [2.45, 2.75) is 20.3 Å². The zero-order chi connectivity index (χ0) is 23.8. The van der Waals surface area contributed by atoms with Gasteiger partial charge in [-0.15, -0.1) is 10.2 Å². The smallest absolute Gasteiger partial charge is 0.304 e. The minimum absolute atomic E-state index is 0.0218. The molecule has 0 aliphatic heterocycles. The van der Waals surface area contributed by atoms with Gasteiger partial charge in [0.05, 0.1) is 38.6 Å². The van der Waals surface area contributed by atoms with Crippen LogP contribution in [0.4, 0.5) is 34.1 Å². The van der Waals surface area contributed by atoms with E-state index in [4.69, 9.17) is 5.26 Å². The van der Waals surface area contributed by atoms with Gasteiger partial charge in [0.2, 0.25) is 5.91 Å². The van der Waals surface area contributed by atoms with Crippen LogP contribution in [0.5, 0.6) is 0 Å². The second-order valence-electron chi connectivity index (χ2n) is 6.38. The van der Waals surface area contributed by atoms with Crippen molar-refractivity contribution >= 4 is 56.0 Å². The van der Waals surface area contributed by atoms with E-state index >= 15 is 0 Å². The third kappa shape index (κ3) is 6.05. The second-order valence-corrected chi connectivity index (χ2v) is 7.23. The molecule has 0 atom stereocenters. The summed E-state index contributed by atoms with van der Waals surface area (Å²) in [5, 5.41) is 41.8. The van der Waals surface area contributed by atoms with Crippen molar-refractivity contribution < 1.29 is 14.6 Å². The number of nitriles is 1. The Labute approximate surface area is 191 Å². The summed E-state index contributed by atoms with van der Waals surface area (Å²) in [4.78, 5) is 34.4. The summed E-state index contributed by atoms with van der Waals surface area (Å²) >= 11 is 3.07. The van der Waals surface area contributed by atoms with Crippen molar-refractivity contribution in [3.63, 3.8) is 0 Å². The number of anilines is 2. The molecular weight excluding hydrogens is 486 g/mol. The van der Waals surface area contributed by atoms with Crippen LogP contribution in [0.2, 0.25) is 0 Å². The number of carbonyl (C=O) groups excluding carboxylic acids is 1. The van der Waals surface area contributed by atoms with Gasteiger partial charge in [-0.2, -0.15) is 5.26 Å². The first kappa shape index (κ1) is 24.4. The van der Waals surface area contributed by atoms with Crippen molar-refractivity contribution in [1.29, 1.82) is 5.26 Å². The first-order chi connectivity index (χ1) is 15.2. The van der Waals surface area contributed by atoms with Gasteiger partial charge < -0.3 is 10.2 Å². The van der Waals surface area contributed by atoms with Crippen LogP contribution in [0, 0.1) is 31.6 Å². The predicted octanol–water partition coefficient (Wildman–Crippen LogP) is 5.38. The highest BCUT2D eigenvalue weighted by atomic mass is 79.9. The first-order valence-electron chi connectivity index (χ1n) is 9.25. The molecule has 0 radical (unpaired) electrons. The Morgan fingerprint density at radius 2 is 1.94 bits per heavy atom. The van der Waals surface area contributed by atoms with Crippen LogP contribution in [-0.4, -0.2) is 28.8 Å². The number of rotatable bonds is 9. The van der Waals surface area contributed by atoms with Gasteiger partial charge in [-0.05, 0) is 41.1 Å². The largest absolute Gasteiger partial charge is 0.371 e. The van der Waals surface area contributed by atoms with Crippen molar-refractivity contribution in [1.82, 2.24) is 0 Å². The molecule has 0 aliphatic rings. The van der Waals surface area contributed by atoms with E-state index in [0.717, 1.165) is 17.8 Å². The summed E-state index contributed by atoms with van der Waals surface area (Å²) in [5.74, 6) is -0.360. The maximum atomic E-state index is 11.7. The molecule has 0 unspecified atom stereocenters. The Morgan fingerprint density at radius 3 is 2.50 bits per heavy atom. The molecule has 32 heavy (non-hydrogen) atoms. The number of azo groups is 1. The number of nitrogens with one attached hydrogen (secondary N) is 1. The first-order valence-corrected chi connectivity index (χ1v) is 10.0. The fraction of sp³-hybridized carbons (Fsp3) is 0.263. The van der Waals surface area contributed by atoms with E-state index in [2.05, 4.69) is 37.5 Å². The maximum absolute atomic E-state index is 11.7. The van der Waals surface area contributed by atoms with Gasteiger partial charge in [0, 0.05) is 31.8 Å². The zero-order valence-electron chi connectivity index (χ0n) is 17.1. The molecule has 0 aromatic heterocycles. The molecule has 13 heteroatoms. The van der Waals surface area contributed by atoms with Crippen molar-refractivity contribution in [2.75, 3.05) is 23.3 Å². The van der Waals surface area contributed by atoms with Crippen LogP contribution in [0.3, 0.4) is 0 Å². The molecule has 12 nitrogen and oxygen atoms in total. The second kappa shape index (κ2) is 10.9. The zero-order valence-corrected chi connectivity index (χ0v) is 18.7. The van der Waals surface area contributed by atoms with Gasteiger partial charge in [-0.25, -0.2) is 0 Å². The lowest BCUT2D eigenvalue weighted by atomic mass is 10.2. The lowest BCUT2D eigenvalue weighted by Crippen LogP contribution is -2.23. The lowest BCUT2D eigenvalue weighted by Gasteiger charge is -2.23. The van der Waals surface area contributed by atoms with E-state index in [1.54, 1.807) is 18.2 Å². The molecule has 1 amide bonds. The Bertz CT molecular complexity index is 1130. The molecule has 1 N–H and O–H groups in total. The third-order valence-electron chi connectivity index (χ3n) is 4.22. The fourth-order valence-corrected chi connectivity index (χ4v) is 3.29. The van der Waals surface area contributed by atoms with Crippen molar-refractivity contribution in [3.8, 4) is 6.07 Å². The molecule has 2 aromatic rings. The van der Waals surface area contributed by atoms with Gasteiger partial charge >= 0.3 is 5.69 Å². The molecule has 2 rings (SSSR count). The number of non-ortho nitro benzene ring substituents is 1. The molecule has 0 saturated carbocycles. The van der Waals surface area contributed by atoms with Crippen LogP contribution < -0.4 is 10.2 Å². The van der Waals surface area contributed by atoms with E-state index in [0.29, 0.717) is 25.2 Å². The minimum atomic E-state index is -0.793. The number of carbonyl (C=O) groups is 1. The number of benzene rings is 2. The number of amides is 1. The number of hydrogen-bond donors (Lipinski definition) is 1. The average molecular weight is 504 g/mol. The molecule has 0 spiro atoms. The SMILES string of the molecule is CCN(CCC#N)c1ccc(N=Nc2c(Br)cc([N+](=O)[O-])cc2[N+](=O)[O-])c(NC(C)=O)c1. The van der Waals surface area contributed by atoms with Gasteiger partial charge in [0.1, 0.15) is 5.69 Å². The number of hydrogen-bond acceptors (Lipinski definition) is 9. The van der Waals surface area contributed by atoms with E-state index in [1.807, 2.05) is 11.8 Å². The molecule has 166 valence electrons. The lowest BCUT2D eigenvalue weighted by molar-refractivity contribution is -0.393. The summed E-state index contributed by atoms with van der Waals surface area (Å²) < 4.78 is 0.0218. The summed E-state index contributed by atoms with van der Waals surface area (Å²) in [7, 11) is 0. The maximum Gasteiger partial charge on any atom is 0.304 e. The van der Waals surface area contributed by atoms with Crippen LogP contribution in [-0.2, 0) is 4.79 Å². The van der Waals surface area contributed by atoms with Crippen LogP contribution in [0.1, 0.15) is 20.3 Å². The van der Waals surface area contributed by atoms with Gasteiger partial charge in [0.25, 0.3) is 5.69 Å². The molecular formula is C19H18BrN7O5. The quantitative estimate of drug-likeness (QED) is 0.272. The Morgan fingerprint density at radius 1 is 1.22 bits per heavy atom. The molecule has 0 bridgehead atoms. The molecule has 0 aliphatic carbocycles. The monoisotopic (exact) mass is 503 g/mol. The van der Waals surface area contributed by atoms with E-state index < -0.39 is 21.2 Å². The molecule has 0 heterocycles. The van der Waals surface area contributed by atoms with Crippen molar-refractivity contribution in [3.05, 3.63) is 55.0 Å². The number of halogens is 1. The van der Waals surface area contributed by atoms with Crippen LogP contribution in [0.25, 0.3) is 0 Å².